The molecule has 1 aliphatic heterocycles. The van der Waals surface area contributed by atoms with E-state index in [2.05, 4.69) is 24.0 Å². The number of β-amino-alcohol motifs (C(OH)–C–C–N with tert-alkyl or cyclic N) is 1. The van der Waals surface area contributed by atoms with Crippen molar-refractivity contribution in [2.24, 2.45) is 5.73 Å². The van der Waals surface area contributed by atoms with Gasteiger partial charge in [-0.2, -0.15) is 0 Å². The van der Waals surface area contributed by atoms with Crippen molar-refractivity contribution in [3.63, 3.8) is 0 Å². The van der Waals surface area contributed by atoms with Crippen LogP contribution in [-0.4, -0.2) is 34.7 Å². The van der Waals surface area contributed by atoms with Crippen LogP contribution in [0, 0.1) is 0 Å². The van der Waals surface area contributed by atoms with Crippen molar-refractivity contribution in [1.82, 2.24) is 4.90 Å². The maximum atomic E-state index is 10.2. The topological polar surface area (TPSA) is 49.5 Å². The SMILES string of the molecule is CC1CC(O)(CN)CN1Cc1ccccc1. The molecule has 0 aromatic heterocycles. The van der Waals surface area contributed by atoms with E-state index < -0.39 is 5.60 Å². The van der Waals surface area contributed by atoms with Gasteiger partial charge in [0.05, 0.1) is 5.60 Å². The normalized spacial score (nSPS) is 30.8. The van der Waals surface area contributed by atoms with Crippen molar-refractivity contribution >= 4 is 0 Å². The summed E-state index contributed by atoms with van der Waals surface area (Å²) < 4.78 is 0. The minimum absolute atomic E-state index is 0.350. The Bertz CT molecular complexity index is 341. The molecule has 1 aliphatic rings. The lowest BCUT2D eigenvalue weighted by Crippen LogP contribution is -2.40. The van der Waals surface area contributed by atoms with Gasteiger partial charge in [-0.05, 0) is 18.9 Å². The fraction of sp³-hybridized carbons (Fsp3) is 0.538. The predicted molar refractivity (Wildman–Crippen MR) is 64.9 cm³/mol. The van der Waals surface area contributed by atoms with Gasteiger partial charge in [0.2, 0.25) is 0 Å². The average molecular weight is 220 g/mol. The van der Waals surface area contributed by atoms with Crippen LogP contribution in [0.2, 0.25) is 0 Å². The standard InChI is InChI=1S/C13H20N2O/c1-11-7-13(16,9-14)10-15(11)8-12-5-3-2-4-6-12/h2-6,11,16H,7-10,14H2,1H3. The molecule has 1 aromatic rings. The first-order valence-corrected chi connectivity index (χ1v) is 5.83. The Hall–Kier alpha value is -0.900. The van der Waals surface area contributed by atoms with Gasteiger partial charge in [0.25, 0.3) is 0 Å². The molecule has 2 rings (SSSR count). The fourth-order valence-electron chi connectivity index (χ4n) is 2.45. The third-order valence-corrected chi connectivity index (χ3v) is 3.40. The molecule has 2 unspecified atom stereocenters. The maximum Gasteiger partial charge on any atom is 0.0910 e. The van der Waals surface area contributed by atoms with Crippen molar-refractivity contribution in [1.29, 1.82) is 0 Å². The first kappa shape index (κ1) is 11.6. The first-order chi connectivity index (χ1) is 7.63. The van der Waals surface area contributed by atoms with Gasteiger partial charge in [0.1, 0.15) is 0 Å². The number of aliphatic hydroxyl groups is 1. The lowest BCUT2D eigenvalue weighted by atomic mass is 10.0. The number of nitrogens with two attached hydrogens (primary N) is 1. The molecule has 0 radical (unpaired) electrons. The third kappa shape index (κ3) is 2.43. The molecule has 3 N–H and O–H groups in total. The zero-order valence-corrected chi connectivity index (χ0v) is 9.76. The molecule has 1 aromatic carbocycles. The highest BCUT2D eigenvalue weighted by molar-refractivity contribution is 5.15. The molecule has 0 saturated carbocycles. The molecule has 2 atom stereocenters. The number of rotatable bonds is 3. The van der Waals surface area contributed by atoms with Crippen LogP contribution < -0.4 is 5.73 Å². The quantitative estimate of drug-likeness (QED) is 0.798. The van der Waals surface area contributed by atoms with Crippen LogP contribution in [-0.2, 0) is 6.54 Å². The lowest BCUT2D eigenvalue weighted by molar-refractivity contribution is 0.0572. The summed E-state index contributed by atoms with van der Waals surface area (Å²) in [7, 11) is 0. The lowest BCUT2D eigenvalue weighted by Gasteiger charge is -2.22. The monoisotopic (exact) mass is 220 g/mol. The molecule has 1 saturated heterocycles. The summed E-state index contributed by atoms with van der Waals surface area (Å²) in [6, 6.07) is 10.7. The summed E-state index contributed by atoms with van der Waals surface area (Å²) in [5.74, 6) is 0. The van der Waals surface area contributed by atoms with E-state index in [9.17, 15) is 5.11 Å². The summed E-state index contributed by atoms with van der Waals surface area (Å²) in [5, 5.41) is 10.2. The summed E-state index contributed by atoms with van der Waals surface area (Å²) in [6.07, 6.45) is 0.774. The van der Waals surface area contributed by atoms with E-state index in [4.69, 9.17) is 5.73 Å². The van der Waals surface area contributed by atoms with Gasteiger partial charge < -0.3 is 10.8 Å². The van der Waals surface area contributed by atoms with Crippen molar-refractivity contribution in [3.05, 3.63) is 35.9 Å². The van der Waals surface area contributed by atoms with E-state index in [0.29, 0.717) is 19.1 Å². The van der Waals surface area contributed by atoms with E-state index in [-0.39, 0.29) is 0 Å². The summed E-state index contributed by atoms with van der Waals surface area (Å²) in [5.41, 5.74) is 6.21. The van der Waals surface area contributed by atoms with Crippen molar-refractivity contribution in [3.8, 4) is 0 Å². The summed E-state index contributed by atoms with van der Waals surface area (Å²) in [6.45, 7) is 4.07. The molecule has 0 amide bonds. The van der Waals surface area contributed by atoms with E-state index in [1.165, 1.54) is 5.56 Å². The van der Waals surface area contributed by atoms with Crippen LogP contribution in [0.15, 0.2) is 30.3 Å². The van der Waals surface area contributed by atoms with Gasteiger partial charge in [0.15, 0.2) is 0 Å². The Morgan fingerprint density at radius 3 is 2.69 bits per heavy atom. The number of hydrogen-bond donors (Lipinski definition) is 2. The van der Waals surface area contributed by atoms with Crippen LogP contribution in [0.25, 0.3) is 0 Å². The van der Waals surface area contributed by atoms with E-state index in [1.807, 2.05) is 18.2 Å². The summed E-state index contributed by atoms with van der Waals surface area (Å²) in [4.78, 5) is 2.29. The zero-order chi connectivity index (χ0) is 11.6. The number of hydrogen-bond acceptors (Lipinski definition) is 3. The minimum Gasteiger partial charge on any atom is -0.387 e. The molecule has 3 heteroatoms. The number of benzene rings is 1. The summed E-state index contributed by atoms with van der Waals surface area (Å²) >= 11 is 0. The first-order valence-electron chi connectivity index (χ1n) is 5.83. The molecule has 1 heterocycles. The molecular weight excluding hydrogens is 200 g/mol. The van der Waals surface area contributed by atoms with Gasteiger partial charge in [-0.25, -0.2) is 0 Å². The minimum atomic E-state index is -0.686. The van der Waals surface area contributed by atoms with Gasteiger partial charge in [-0.15, -0.1) is 0 Å². The average Bonchev–Trinajstić information content (AvgIpc) is 2.57. The highest BCUT2D eigenvalue weighted by Crippen LogP contribution is 2.27. The Balaban J connectivity index is 2.02. The fourth-order valence-corrected chi connectivity index (χ4v) is 2.45. The van der Waals surface area contributed by atoms with Gasteiger partial charge in [-0.3, -0.25) is 4.90 Å². The highest BCUT2D eigenvalue weighted by Gasteiger charge is 2.39. The second kappa shape index (κ2) is 4.53. The zero-order valence-electron chi connectivity index (χ0n) is 9.76. The van der Waals surface area contributed by atoms with Crippen molar-refractivity contribution < 1.29 is 5.11 Å². The molecule has 1 fully saturated rings. The maximum absolute atomic E-state index is 10.2. The van der Waals surface area contributed by atoms with Crippen LogP contribution in [0.1, 0.15) is 18.9 Å². The second-order valence-electron chi connectivity index (χ2n) is 4.87. The predicted octanol–water partition coefficient (Wildman–Crippen LogP) is 0.971. The van der Waals surface area contributed by atoms with Crippen molar-refractivity contribution in [2.75, 3.05) is 13.1 Å². The van der Waals surface area contributed by atoms with Crippen LogP contribution in [0.3, 0.4) is 0 Å². The molecule has 0 bridgehead atoms. The smallest absolute Gasteiger partial charge is 0.0910 e. The molecule has 88 valence electrons. The highest BCUT2D eigenvalue weighted by atomic mass is 16.3. The molecule has 0 spiro atoms. The Morgan fingerprint density at radius 1 is 1.44 bits per heavy atom. The number of nitrogens with zero attached hydrogens (tertiary/aromatic N) is 1. The van der Waals surface area contributed by atoms with E-state index in [0.717, 1.165) is 13.0 Å². The molecule has 0 aliphatic carbocycles. The van der Waals surface area contributed by atoms with Crippen LogP contribution in [0.4, 0.5) is 0 Å². The van der Waals surface area contributed by atoms with Gasteiger partial charge >= 0.3 is 0 Å². The molecule has 16 heavy (non-hydrogen) atoms. The second-order valence-corrected chi connectivity index (χ2v) is 4.87. The number of likely N-dealkylation sites (tertiary alicyclic amines) is 1. The Morgan fingerprint density at radius 2 is 2.12 bits per heavy atom. The van der Waals surface area contributed by atoms with Gasteiger partial charge in [-0.1, -0.05) is 30.3 Å². The largest absolute Gasteiger partial charge is 0.387 e. The van der Waals surface area contributed by atoms with Gasteiger partial charge in [0, 0.05) is 25.7 Å². The Kier molecular flexibility index (Phi) is 3.28. The third-order valence-electron chi connectivity index (χ3n) is 3.40. The van der Waals surface area contributed by atoms with E-state index >= 15 is 0 Å². The molecule has 3 nitrogen and oxygen atoms in total. The van der Waals surface area contributed by atoms with Crippen LogP contribution >= 0.6 is 0 Å². The van der Waals surface area contributed by atoms with Crippen molar-refractivity contribution in [2.45, 2.75) is 31.5 Å². The van der Waals surface area contributed by atoms with Crippen LogP contribution in [0.5, 0.6) is 0 Å². The van der Waals surface area contributed by atoms with E-state index in [1.54, 1.807) is 0 Å². The molecular formula is C13H20N2O. The Labute approximate surface area is 96.9 Å².